The fourth-order valence-corrected chi connectivity index (χ4v) is 9.27. The number of aliphatic imine (C=N–C) groups is 1. The lowest BCUT2D eigenvalue weighted by molar-refractivity contribution is -0.718. The molecule has 4 aromatic heterocycles. The number of rotatable bonds is 1. The second kappa shape index (κ2) is 9.77. The van der Waals surface area contributed by atoms with Crippen LogP contribution < -0.4 is 4.57 Å². The van der Waals surface area contributed by atoms with Gasteiger partial charge in [-0.05, 0) is 72.5 Å². The average Bonchev–Trinajstić information content (AvgIpc) is 3.79. The fourth-order valence-electron chi connectivity index (χ4n) is 9.27. The highest BCUT2D eigenvalue weighted by molar-refractivity contribution is 6.33. The van der Waals surface area contributed by atoms with Crippen molar-refractivity contribution in [1.82, 2.24) is 4.40 Å². The predicted octanol–water partition coefficient (Wildman–Crippen LogP) is 10.9. The van der Waals surface area contributed by atoms with Gasteiger partial charge in [0.2, 0.25) is 5.69 Å². The van der Waals surface area contributed by atoms with E-state index in [0.717, 1.165) is 58.2 Å². The zero-order valence-corrected chi connectivity index (χ0v) is 27.0. The van der Waals surface area contributed by atoms with Crippen molar-refractivity contribution in [2.45, 2.75) is 31.2 Å². The van der Waals surface area contributed by atoms with Crippen LogP contribution in [0.2, 0.25) is 0 Å². The van der Waals surface area contributed by atoms with Gasteiger partial charge < -0.3 is 8.82 Å². The Labute approximate surface area is 282 Å². The van der Waals surface area contributed by atoms with Gasteiger partial charge in [-0.3, -0.25) is 4.99 Å². The van der Waals surface area contributed by atoms with Crippen molar-refractivity contribution in [1.29, 1.82) is 0 Å². The van der Waals surface area contributed by atoms with Crippen LogP contribution in [0.15, 0.2) is 150 Å². The monoisotopic (exact) mass is 630 g/mol. The van der Waals surface area contributed by atoms with E-state index >= 15 is 0 Å². The molecule has 0 saturated heterocycles. The Balaban J connectivity index is 1.20. The molecule has 0 aliphatic carbocycles. The molecule has 2 aliphatic rings. The van der Waals surface area contributed by atoms with Crippen LogP contribution in [0.4, 0.5) is 0 Å². The molecule has 2 atom stereocenters. The highest BCUT2D eigenvalue weighted by atomic mass is 16.3. The van der Waals surface area contributed by atoms with Gasteiger partial charge in [0.15, 0.2) is 12.2 Å². The summed E-state index contributed by atoms with van der Waals surface area (Å²) < 4.78 is 11.6. The third-order valence-electron chi connectivity index (χ3n) is 11.3. The molecular weight excluding hydrogens is 599 g/mol. The van der Waals surface area contributed by atoms with E-state index in [9.17, 15) is 0 Å². The second-order valence-electron chi connectivity index (χ2n) is 13.8. The second-order valence-corrected chi connectivity index (χ2v) is 13.8. The summed E-state index contributed by atoms with van der Waals surface area (Å²) in [6.07, 6.45) is 6.87. The minimum Gasteiger partial charge on any atom is -0.455 e. The zero-order valence-electron chi connectivity index (χ0n) is 27.0. The first-order valence-corrected chi connectivity index (χ1v) is 17.2. The van der Waals surface area contributed by atoms with Gasteiger partial charge in [0.05, 0.1) is 34.1 Å². The maximum atomic E-state index is 6.62. The molecule has 0 fully saturated rings. The zero-order chi connectivity index (χ0) is 32.4. The van der Waals surface area contributed by atoms with Crippen LogP contribution in [0.5, 0.6) is 0 Å². The molecule has 6 heterocycles. The van der Waals surface area contributed by atoms with E-state index in [4.69, 9.17) is 9.41 Å². The molecule has 5 aromatic carbocycles. The van der Waals surface area contributed by atoms with E-state index in [1.54, 1.807) is 0 Å². The lowest BCUT2D eigenvalue weighted by Crippen LogP contribution is -2.47. The van der Waals surface area contributed by atoms with Gasteiger partial charge in [-0.1, -0.05) is 67.8 Å². The Morgan fingerprint density at radius 3 is 2.51 bits per heavy atom. The van der Waals surface area contributed by atoms with Crippen LogP contribution in [-0.4, -0.2) is 10.1 Å². The van der Waals surface area contributed by atoms with E-state index in [0.29, 0.717) is 5.92 Å². The number of nitrogens with zero attached hydrogens (tertiary/aromatic N) is 3. The Morgan fingerprint density at radius 1 is 0.776 bits per heavy atom. The van der Waals surface area contributed by atoms with E-state index in [-0.39, 0.29) is 6.04 Å². The van der Waals surface area contributed by atoms with Crippen molar-refractivity contribution in [3.8, 4) is 11.3 Å². The van der Waals surface area contributed by atoms with Gasteiger partial charge >= 0.3 is 0 Å². The normalized spacial score (nSPS) is 17.8. The number of allylic oxidation sites excluding steroid dienone is 2. The number of hydrogen-bond donors (Lipinski definition) is 0. The number of furan rings is 1. The molecule has 9 aromatic rings. The molecule has 0 amide bonds. The minimum absolute atomic E-state index is 0.229. The minimum atomic E-state index is 0.229. The molecule has 0 radical (unpaired) electrons. The number of fused-ring (bicyclic) bond motifs is 17. The number of benzene rings is 5. The Hall–Kier alpha value is -6.00. The summed E-state index contributed by atoms with van der Waals surface area (Å²) in [6.45, 7) is 8.80. The third kappa shape index (κ3) is 3.58. The summed E-state index contributed by atoms with van der Waals surface area (Å²) in [6, 6.07) is 40.0. The molecule has 4 heteroatoms. The van der Waals surface area contributed by atoms with E-state index in [1.807, 2.05) is 12.1 Å². The molecule has 2 unspecified atom stereocenters. The Morgan fingerprint density at radius 2 is 1.59 bits per heavy atom. The van der Waals surface area contributed by atoms with Crippen LogP contribution in [0.3, 0.4) is 0 Å². The first kappa shape index (κ1) is 27.0. The molecule has 4 nitrogen and oxygen atoms in total. The number of para-hydroxylation sites is 2. The summed E-state index contributed by atoms with van der Waals surface area (Å²) in [7, 11) is 0. The van der Waals surface area contributed by atoms with Crippen LogP contribution in [0.25, 0.3) is 71.3 Å². The van der Waals surface area contributed by atoms with Crippen molar-refractivity contribution in [3.63, 3.8) is 0 Å². The topological polar surface area (TPSA) is 33.8 Å². The highest BCUT2D eigenvalue weighted by Crippen LogP contribution is 2.47. The summed E-state index contributed by atoms with van der Waals surface area (Å²) in [5, 5.41) is 7.15. The summed E-state index contributed by atoms with van der Waals surface area (Å²) in [5.41, 5.74) is 13.7. The predicted molar refractivity (Wildman–Crippen MR) is 201 cm³/mol. The van der Waals surface area contributed by atoms with E-state index in [1.165, 1.54) is 60.5 Å². The third-order valence-corrected chi connectivity index (χ3v) is 11.3. The Bertz CT molecular complexity index is 2920. The van der Waals surface area contributed by atoms with Crippen molar-refractivity contribution in [2.24, 2.45) is 4.99 Å². The molecule has 0 saturated carbocycles. The van der Waals surface area contributed by atoms with Gasteiger partial charge in [0, 0.05) is 61.8 Å². The molecule has 2 aliphatic heterocycles. The SMILES string of the molecule is C=CC1=NC(=C)CC2C(CCc3cc4c(cc31)c1cc3c5ccccc5oc3c3c5ccccc5n4c13)c1ccccc1-c1cccc[n+]12. The van der Waals surface area contributed by atoms with Crippen molar-refractivity contribution in [3.05, 3.63) is 157 Å². The van der Waals surface area contributed by atoms with Crippen molar-refractivity contribution < 1.29 is 8.98 Å². The summed E-state index contributed by atoms with van der Waals surface area (Å²) in [5.74, 6) is 0.325. The molecule has 0 N–H and O–H groups in total. The standard InChI is InChI=1S/C45H32N3O/c1-3-37-33-24-34-35-25-36-31-14-7-9-18-42(31)49-45(36)43-32-15-6-8-17-39(32)48(44(35)43)41(34)23-27(33)19-20-30-28-12-4-5-13-29(28)38-16-10-11-21-47(38)40(30)22-26(2)46-37/h3-18,21,23-25,30,40H,1-2,19-20,22H2/q+1. The molecule has 0 spiro atoms. The fraction of sp³-hybridized carbons (Fsp3) is 0.111. The average molecular weight is 631 g/mol. The molecule has 0 bridgehead atoms. The number of aromatic nitrogens is 2. The van der Waals surface area contributed by atoms with Crippen LogP contribution in [0.1, 0.15) is 41.5 Å². The first-order valence-electron chi connectivity index (χ1n) is 17.2. The van der Waals surface area contributed by atoms with Gasteiger partial charge in [-0.2, -0.15) is 4.57 Å². The smallest absolute Gasteiger partial charge is 0.213 e. The largest absolute Gasteiger partial charge is 0.455 e. The van der Waals surface area contributed by atoms with Crippen molar-refractivity contribution in [2.75, 3.05) is 0 Å². The maximum absolute atomic E-state index is 6.62. The highest BCUT2D eigenvalue weighted by Gasteiger charge is 2.40. The van der Waals surface area contributed by atoms with Gasteiger partial charge in [-0.25, -0.2) is 0 Å². The van der Waals surface area contributed by atoms with Gasteiger partial charge in [0.25, 0.3) is 0 Å². The molecular formula is C45H32N3O+. The number of aryl methyl sites for hydroxylation is 1. The van der Waals surface area contributed by atoms with E-state index < -0.39 is 0 Å². The Kier molecular flexibility index (Phi) is 5.39. The molecule has 11 rings (SSSR count). The van der Waals surface area contributed by atoms with Crippen LogP contribution >= 0.6 is 0 Å². The lowest BCUT2D eigenvalue weighted by Gasteiger charge is -2.31. The van der Waals surface area contributed by atoms with Crippen molar-refractivity contribution >= 4 is 65.7 Å². The molecule has 49 heavy (non-hydrogen) atoms. The van der Waals surface area contributed by atoms with Gasteiger partial charge in [-0.15, -0.1) is 0 Å². The van der Waals surface area contributed by atoms with Crippen LogP contribution in [-0.2, 0) is 6.42 Å². The van der Waals surface area contributed by atoms with E-state index in [2.05, 4.69) is 131 Å². The van der Waals surface area contributed by atoms with Crippen LogP contribution in [0, 0.1) is 0 Å². The summed E-state index contributed by atoms with van der Waals surface area (Å²) >= 11 is 0. The number of hydrogen-bond acceptors (Lipinski definition) is 2. The first-order chi connectivity index (χ1) is 24.2. The lowest BCUT2D eigenvalue weighted by atomic mass is 9.77. The quantitative estimate of drug-likeness (QED) is 0.166. The van der Waals surface area contributed by atoms with Gasteiger partial charge in [0.1, 0.15) is 11.2 Å². The molecule has 232 valence electrons. The summed E-state index contributed by atoms with van der Waals surface area (Å²) in [4.78, 5) is 5.23. The maximum Gasteiger partial charge on any atom is 0.213 e. The number of pyridine rings is 1.